The third-order valence-electron chi connectivity index (χ3n) is 0. The van der Waals surface area contributed by atoms with Crippen LogP contribution in [0.2, 0.25) is 0 Å². The van der Waals surface area contributed by atoms with Crippen molar-refractivity contribution in [2.24, 2.45) is 0 Å². The zero-order valence-corrected chi connectivity index (χ0v) is 5.65. The van der Waals surface area contributed by atoms with Gasteiger partial charge in [-0.05, 0) is 0 Å². The first kappa shape index (κ1) is 8.95. The Kier molecular flexibility index (Phi) is 19.9. The smallest absolute Gasteiger partial charge is 0.466 e. The fourth-order valence-corrected chi connectivity index (χ4v) is 0. The van der Waals surface area contributed by atoms with Crippen LogP contribution in [0.1, 0.15) is 0 Å². The molecule has 0 amide bonds. The van der Waals surface area contributed by atoms with E-state index in [9.17, 15) is 0 Å². The molecular weight excluding hydrogens is 75.9 g/mol. The standard InChI is InChI=1S/CBN.K/c2-1-3;/q-1;+1. The van der Waals surface area contributed by atoms with Crippen LogP contribution in [0.25, 0.3) is 0 Å². The molecule has 0 heterocycles. The maximum atomic E-state index is 7.10. The number of nitrogens with zero attached hydrogens (tertiary/aromatic N) is 1. The van der Waals surface area contributed by atoms with Crippen molar-refractivity contribution in [1.29, 1.82) is 5.26 Å². The first-order valence-corrected chi connectivity index (χ1v) is 0.512. The molecule has 0 unspecified atom stereocenters. The Labute approximate surface area is 69.2 Å². The monoisotopic (exact) mass is 76.0 g/mol. The number of hydrogen-bond acceptors (Lipinski definition) is 1. The molecule has 0 aliphatic rings. The number of rotatable bonds is 0. The molecule has 0 aliphatic heterocycles. The minimum atomic E-state index is 0. The molecule has 0 aromatic heterocycles. The Balaban J connectivity index is 0. The molecular formula is CBKN. The van der Waals surface area contributed by atoms with Crippen LogP contribution in [0, 0.1) is 11.2 Å². The van der Waals surface area contributed by atoms with Gasteiger partial charge in [0.2, 0.25) is 0 Å². The van der Waals surface area contributed by atoms with Gasteiger partial charge < -0.3 is 7.85 Å². The summed E-state index contributed by atoms with van der Waals surface area (Å²) in [4.78, 5) is 0. The Morgan fingerprint density at radius 2 is 1.75 bits per heavy atom. The predicted octanol–water partition coefficient (Wildman–Crippen LogP) is -3.36. The minimum absolute atomic E-state index is 0. The molecule has 0 saturated heterocycles. The second-order valence-corrected chi connectivity index (χ2v) is 0.129. The molecule has 0 spiro atoms. The van der Waals surface area contributed by atoms with E-state index in [1.807, 2.05) is 0 Å². The van der Waals surface area contributed by atoms with E-state index in [0.29, 0.717) is 0 Å². The normalized spacial score (nSPS) is 2.00. The molecule has 3 heteroatoms. The summed E-state index contributed by atoms with van der Waals surface area (Å²) < 4.78 is 0. The van der Waals surface area contributed by atoms with Gasteiger partial charge in [0.15, 0.2) is 0 Å². The van der Waals surface area contributed by atoms with Gasteiger partial charge in [-0.15, -0.1) is 0 Å². The topological polar surface area (TPSA) is 23.8 Å². The van der Waals surface area contributed by atoms with Gasteiger partial charge in [-0.1, -0.05) is 0 Å². The van der Waals surface area contributed by atoms with Crippen molar-refractivity contribution in [1.82, 2.24) is 0 Å². The van der Waals surface area contributed by atoms with E-state index < -0.39 is 0 Å². The van der Waals surface area contributed by atoms with Crippen LogP contribution >= 0.6 is 0 Å². The van der Waals surface area contributed by atoms with Gasteiger partial charge in [-0.25, -0.2) is 0 Å². The van der Waals surface area contributed by atoms with Crippen molar-refractivity contribution in [2.45, 2.75) is 0 Å². The summed E-state index contributed by atoms with van der Waals surface area (Å²) >= 11 is 0. The van der Waals surface area contributed by atoms with Crippen LogP contribution < -0.4 is 51.4 Å². The van der Waals surface area contributed by atoms with Crippen LogP contribution in [0.15, 0.2) is 0 Å². The second-order valence-electron chi connectivity index (χ2n) is 0.129. The second kappa shape index (κ2) is 8.89. The molecule has 1 nitrogen and oxygen atoms in total. The SMILES string of the molecule is [B-]C#N.[K+]. The molecule has 0 N–H and O–H groups in total. The quantitative estimate of drug-likeness (QED) is 0.276. The third kappa shape index (κ3) is 10.8. The first-order chi connectivity index (χ1) is 1.41. The van der Waals surface area contributed by atoms with Crippen molar-refractivity contribution in [3.63, 3.8) is 0 Å². The third-order valence-corrected chi connectivity index (χ3v) is 0. The molecule has 0 bridgehead atoms. The summed E-state index contributed by atoms with van der Waals surface area (Å²) in [6, 6.07) is 0. The van der Waals surface area contributed by atoms with Crippen molar-refractivity contribution >= 4 is 7.85 Å². The first-order valence-electron chi connectivity index (χ1n) is 0.512. The molecule has 0 aromatic rings. The van der Waals surface area contributed by atoms with Crippen molar-refractivity contribution in [3.8, 4) is 5.97 Å². The Bertz CT molecular complexity index is 29.5. The van der Waals surface area contributed by atoms with Crippen LogP contribution in [0.3, 0.4) is 0 Å². The molecule has 4 heavy (non-hydrogen) atoms. The minimum Gasteiger partial charge on any atom is -0.466 e. The van der Waals surface area contributed by atoms with Gasteiger partial charge in [0.25, 0.3) is 0 Å². The summed E-state index contributed by atoms with van der Waals surface area (Å²) in [7, 11) is 4.15. The van der Waals surface area contributed by atoms with Gasteiger partial charge in [0.05, 0.1) is 0 Å². The zero-order valence-electron chi connectivity index (χ0n) is 2.52. The van der Waals surface area contributed by atoms with Crippen LogP contribution in [0.5, 0.6) is 0 Å². The maximum absolute atomic E-state index is 7.10. The summed E-state index contributed by atoms with van der Waals surface area (Å²) in [5, 5.41) is 7.10. The molecule has 0 aromatic carbocycles. The molecule has 0 atom stereocenters. The Hall–Kier alpha value is 1.19. The van der Waals surface area contributed by atoms with Crippen molar-refractivity contribution in [3.05, 3.63) is 0 Å². The van der Waals surface area contributed by atoms with Crippen LogP contribution in [-0.2, 0) is 0 Å². The van der Waals surface area contributed by atoms with E-state index in [4.69, 9.17) is 5.26 Å². The van der Waals surface area contributed by atoms with Crippen LogP contribution in [0.4, 0.5) is 0 Å². The largest absolute Gasteiger partial charge is 1.00 e. The van der Waals surface area contributed by atoms with Gasteiger partial charge in [-0.3, -0.25) is 11.2 Å². The molecule has 13 valence electrons. The summed E-state index contributed by atoms with van der Waals surface area (Å²) in [5.74, 6) is 1.25. The molecule has 0 fully saturated rings. The van der Waals surface area contributed by atoms with Crippen molar-refractivity contribution < 1.29 is 51.4 Å². The van der Waals surface area contributed by atoms with E-state index in [0.717, 1.165) is 0 Å². The Morgan fingerprint density at radius 3 is 1.75 bits per heavy atom. The fourth-order valence-electron chi connectivity index (χ4n) is 0. The van der Waals surface area contributed by atoms with Gasteiger partial charge >= 0.3 is 51.4 Å². The molecule has 0 rings (SSSR count). The van der Waals surface area contributed by atoms with Gasteiger partial charge in [-0.2, -0.15) is 0 Å². The zero-order chi connectivity index (χ0) is 2.71. The molecule has 0 saturated carbocycles. The van der Waals surface area contributed by atoms with Gasteiger partial charge in [0, 0.05) is 0 Å². The maximum Gasteiger partial charge on any atom is 1.00 e. The average Bonchev–Trinajstić information content (AvgIpc) is 0.918. The van der Waals surface area contributed by atoms with E-state index in [-0.39, 0.29) is 51.4 Å². The van der Waals surface area contributed by atoms with E-state index in [2.05, 4.69) is 7.85 Å². The van der Waals surface area contributed by atoms with E-state index in [1.165, 1.54) is 5.97 Å². The molecule has 0 aliphatic carbocycles. The van der Waals surface area contributed by atoms with E-state index in [1.54, 1.807) is 0 Å². The summed E-state index contributed by atoms with van der Waals surface area (Å²) in [6.07, 6.45) is 0. The van der Waals surface area contributed by atoms with Crippen molar-refractivity contribution in [2.75, 3.05) is 0 Å². The number of hydrogen-bond donors (Lipinski definition) is 0. The predicted molar refractivity (Wildman–Crippen MR) is 11.4 cm³/mol. The molecule has 3 radical (unpaired) electrons. The Morgan fingerprint density at radius 1 is 1.75 bits per heavy atom. The fraction of sp³-hybridized carbons (Fsp3) is 0. The summed E-state index contributed by atoms with van der Waals surface area (Å²) in [5.41, 5.74) is 0. The number of nitriles is 1. The van der Waals surface area contributed by atoms with Gasteiger partial charge in [0.1, 0.15) is 0 Å². The van der Waals surface area contributed by atoms with E-state index >= 15 is 0 Å². The van der Waals surface area contributed by atoms with Crippen LogP contribution in [-0.4, -0.2) is 7.85 Å². The average molecular weight is 75.9 g/mol. The summed E-state index contributed by atoms with van der Waals surface area (Å²) in [6.45, 7) is 0.